The van der Waals surface area contributed by atoms with E-state index in [0.717, 1.165) is 0 Å². The first-order chi connectivity index (χ1) is 12.9. The molecule has 1 aliphatic rings. The fourth-order valence-electron chi connectivity index (χ4n) is 2.89. The summed E-state index contributed by atoms with van der Waals surface area (Å²) in [6.45, 7) is 1.83. The Morgan fingerprint density at radius 2 is 1.67 bits per heavy atom. The molecule has 2 aromatic rings. The van der Waals surface area contributed by atoms with Crippen molar-refractivity contribution in [1.29, 1.82) is 0 Å². The molecule has 142 valence electrons. The topological polar surface area (TPSA) is 52.7 Å². The van der Waals surface area contributed by atoms with Crippen LogP contribution in [0.4, 0.5) is 14.9 Å². The average Bonchev–Trinajstić information content (AvgIpc) is 2.91. The van der Waals surface area contributed by atoms with Gasteiger partial charge >= 0.3 is 6.03 Å². The Balaban J connectivity index is 1.63. The van der Waals surface area contributed by atoms with Gasteiger partial charge in [0.15, 0.2) is 0 Å². The molecule has 0 bridgehead atoms. The van der Waals surface area contributed by atoms with Gasteiger partial charge < -0.3 is 15.1 Å². The van der Waals surface area contributed by atoms with E-state index in [0.29, 0.717) is 47.8 Å². The van der Waals surface area contributed by atoms with Crippen molar-refractivity contribution in [3.8, 4) is 0 Å². The van der Waals surface area contributed by atoms with Crippen molar-refractivity contribution in [2.24, 2.45) is 0 Å². The Morgan fingerprint density at radius 3 is 2.41 bits per heavy atom. The Morgan fingerprint density at radius 1 is 1.00 bits per heavy atom. The van der Waals surface area contributed by atoms with Crippen molar-refractivity contribution < 1.29 is 14.0 Å². The van der Waals surface area contributed by atoms with Crippen LogP contribution in [0.1, 0.15) is 16.8 Å². The van der Waals surface area contributed by atoms with E-state index in [-0.39, 0.29) is 17.5 Å². The largest absolute Gasteiger partial charge is 0.337 e. The van der Waals surface area contributed by atoms with Crippen molar-refractivity contribution in [2.45, 2.75) is 6.42 Å². The summed E-state index contributed by atoms with van der Waals surface area (Å²) in [5.41, 5.74) is 0.944. The van der Waals surface area contributed by atoms with E-state index in [1.165, 1.54) is 18.2 Å². The average molecular weight is 455 g/mol. The highest BCUT2D eigenvalue weighted by molar-refractivity contribution is 9.10. The smallest absolute Gasteiger partial charge is 0.321 e. The van der Waals surface area contributed by atoms with Crippen molar-refractivity contribution in [2.75, 3.05) is 31.5 Å². The first kappa shape index (κ1) is 19.6. The maximum Gasteiger partial charge on any atom is 0.321 e. The van der Waals surface area contributed by atoms with Gasteiger partial charge in [-0.15, -0.1) is 0 Å². The van der Waals surface area contributed by atoms with Gasteiger partial charge in [-0.3, -0.25) is 4.79 Å². The maximum atomic E-state index is 13.5. The van der Waals surface area contributed by atoms with E-state index in [4.69, 9.17) is 11.6 Å². The molecule has 1 heterocycles. The molecule has 0 spiro atoms. The SMILES string of the molecule is O=C(Nc1ccc(Cl)cc1)N1CCCN(C(=O)c2cc(F)ccc2Br)CC1. The molecule has 0 aliphatic carbocycles. The number of anilines is 1. The van der Waals surface area contributed by atoms with Gasteiger partial charge in [-0.2, -0.15) is 0 Å². The Labute approximate surface area is 170 Å². The number of halogens is 3. The molecule has 0 unspecified atom stereocenters. The highest BCUT2D eigenvalue weighted by Crippen LogP contribution is 2.21. The summed E-state index contributed by atoms with van der Waals surface area (Å²) in [5, 5.41) is 3.42. The summed E-state index contributed by atoms with van der Waals surface area (Å²) < 4.78 is 14.0. The van der Waals surface area contributed by atoms with E-state index in [1.54, 1.807) is 34.1 Å². The van der Waals surface area contributed by atoms with Crippen molar-refractivity contribution in [1.82, 2.24) is 9.80 Å². The van der Waals surface area contributed by atoms with Gasteiger partial charge in [-0.05, 0) is 64.8 Å². The van der Waals surface area contributed by atoms with Crippen LogP contribution in [0.15, 0.2) is 46.9 Å². The van der Waals surface area contributed by atoms with Gasteiger partial charge in [-0.25, -0.2) is 9.18 Å². The quantitative estimate of drug-likeness (QED) is 0.720. The van der Waals surface area contributed by atoms with Gasteiger partial charge in [0, 0.05) is 41.4 Å². The second-order valence-electron chi connectivity index (χ2n) is 6.19. The normalized spacial score (nSPS) is 14.6. The van der Waals surface area contributed by atoms with E-state index in [2.05, 4.69) is 21.2 Å². The summed E-state index contributed by atoms with van der Waals surface area (Å²) in [6.07, 6.45) is 0.646. The zero-order chi connectivity index (χ0) is 19.4. The molecule has 5 nitrogen and oxygen atoms in total. The first-order valence-electron chi connectivity index (χ1n) is 8.50. The summed E-state index contributed by atoms with van der Waals surface area (Å²) >= 11 is 9.14. The zero-order valence-electron chi connectivity index (χ0n) is 14.4. The van der Waals surface area contributed by atoms with Crippen molar-refractivity contribution in [3.63, 3.8) is 0 Å². The monoisotopic (exact) mass is 453 g/mol. The zero-order valence-corrected chi connectivity index (χ0v) is 16.8. The number of nitrogens with one attached hydrogen (secondary N) is 1. The number of benzene rings is 2. The lowest BCUT2D eigenvalue weighted by atomic mass is 10.2. The number of rotatable bonds is 2. The number of urea groups is 1. The lowest BCUT2D eigenvalue weighted by Crippen LogP contribution is -2.39. The molecular formula is C19H18BrClFN3O2. The number of hydrogen-bond donors (Lipinski definition) is 1. The van der Waals surface area contributed by atoms with Crippen LogP contribution in [-0.2, 0) is 0 Å². The van der Waals surface area contributed by atoms with Crippen LogP contribution in [-0.4, -0.2) is 47.9 Å². The lowest BCUT2D eigenvalue weighted by molar-refractivity contribution is 0.0761. The molecule has 0 aromatic heterocycles. The molecule has 1 fully saturated rings. The highest BCUT2D eigenvalue weighted by atomic mass is 79.9. The van der Waals surface area contributed by atoms with E-state index >= 15 is 0 Å². The van der Waals surface area contributed by atoms with Gasteiger partial charge in [0.1, 0.15) is 5.82 Å². The van der Waals surface area contributed by atoms with Crippen LogP contribution in [0.3, 0.4) is 0 Å². The molecule has 27 heavy (non-hydrogen) atoms. The van der Waals surface area contributed by atoms with Crippen LogP contribution < -0.4 is 5.32 Å². The Bertz CT molecular complexity index is 847. The third kappa shape index (κ3) is 4.99. The third-order valence-corrected chi connectivity index (χ3v) is 5.27. The van der Waals surface area contributed by atoms with Crippen LogP contribution >= 0.6 is 27.5 Å². The molecule has 1 N–H and O–H groups in total. The van der Waals surface area contributed by atoms with Crippen molar-refractivity contribution in [3.05, 3.63) is 63.3 Å². The molecule has 0 atom stereocenters. The number of carbonyl (C=O) groups is 2. The standard InChI is InChI=1S/C19H18BrClFN3O2/c20-17-7-4-14(22)12-16(17)18(26)24-8-1-9-25(11-10-24)19(27)23-15-5-2-13(21)3-6-15/h2-7,12H,1,8-11H2,(H,23,27). The molecule has 0 radical (unpaired) electrons. The molecule has 2 aromatic carbocycles. The van der Waals surface area contributed by atoms with Crippen LogP contribution in [0, 0.1) is 5.82 Å². The summed E-state index contributed by atoms with van der Waals surface area (Å²) in [6, 6.07) is 10.7. The number of nitrogens with zero attached hydrogens (tertiary/aromatic N) is 2. The molecule has 1 aliphatic heterocycles. The molecule has 8 heteroatoms. The van der Waals surface area contributed by atoms with Crippen LogP contribution in [0.25, 0.3) is 0 Å². The Kier molecular flexibility index (Phi) is 6.34. The number of amides is 3. The minimum atomic E-state index is -0.458. The summed E-state index contributed by atoms with van der Waals surface area (Å²) in [5.74, 6) is -0.707. The molecule has 3 rings (SSSR count). The van der Waals surface area contributed by atoms with Gasteiger partial charge in [-0.1, -0.05) is 11.6 Å². The minimum Gasteiger partial charge on any atom is -0.337 e. The van der Waals surface area contributed by atoms with E-state index < -0.39 is 5.82 Å². The van der Waals surface area contributed by atoms with Crippen molar-refractivity contribution >= 4 is 45.2 Å². The van der Waals surface area contributed by atoms with E-state index in [9.17, 15) is 14.0 Å². The molecule has 1 saturated heterocycles. The minimum absolute atomic E-state index is 0.224. The summed E-state index contributed by atoms with van der Waals surface area (Å²) in [4.78, 5) is 28.5. The van der Waals surface area contributed by atoms with Crippen LogP contribution in [0.2, 0.25) is 5.02 Å². The second kappa shape index (κ2) is 8.71. The summed E-state index contributed by atoms with van der Waals surface area (Å²) in [7, 11) is 0. The third-order valence-electron chi connectivity index (χ3n) is 4.32. The number of carbonyl (C=O) groups excluding carboxylic acids is 2. The first-order valence-corrected chi connectivity index (χ1v) is 9.67. The fraction of sp³-hybridized carbons (Fsp3) is 0.263. The predicted octanol–water partition coefficient (Wildman–Crippen LogP) is 4.62. The molecular weight excluding hydrogens is 437 g/mol. The fourth-order valence-corrected chi connectivity index (χ4v) is 3.43. The number of hydrogen-bond acceptors (Lipinski definition) is 2. The Hall–Kier alpha value is -2.12. The highest BCUT2D eigenvalue weighted by Gasteiger charge is 2.24. The van der Waals surface area contributed by atoms with E-state index in [1.807, 2.05) is 0 Å². The van der Waals surface area contributed by atoms with Gasteiger partial charge in [0.2, 0.25) is 0 Å². The van der Waals surface area contributed by atoms with Gasteiger partial charge in [0.05, 0.1) is 5.56 Å². The molecule has 0 saturated carbocycles. The lowest BCUT2D eigenvalue weighted by Gasteiger charge is -2.23. The van der Waals surface area contributed by atoms with Crippen LogP contribution in [0.5, 0.6) is 0 Å². The second-order valence-corrected chi connectivity index (χ2v) is 7.48. The molecule has 3 amide bonds. The predicted molar refractivity (Wildman–Crippen MR) is 107 cm³/mol. The maximum absolute atomic E-state index is 13.5. The van der Waals surface area contributed by atoms with Gasteiger partial charge in [0.25, 0.3) is 5.91 Å².